The Morgan fingerprint density at radius 3 is 1.23 bits per heavy atom. The van der Waals surface area contributed by atoms with E-state index in [1.54, 1.807) is 0 Å². The van der Waals surface area contributed by atoms with Crippen LogP contribution in [0.5, 0.6) is 0 Å². The smallest absolute Gasteiger partial charge is 0.305 e. The van der Waals surface area contributed by atoms with Crippen LogP contribution in [0.1, 0.15) is 194 Å². The number of esters is 1. The Labute approximate surface area is 222 Å². The Kier molecular flexibility index (Phi) is 29.2. The third-order valence-corrected chi connectivity index (χ3v) is 7.42. The molecule has 0 aromatic rings. The number of carbonyl (C=O) groups excluding carboxylic acids is 1. The molecule has 35 heavy (non-hydrogen) atoms. The third kappa shape index (κ3) is 31.4. The second-order valence-electron chi connectivity index (χ2n) is 11.6. The van der Waals surface area contributed by atoms with Crippen LogP contribution in [0.25, 0.3) is 0 Å². The van der Waals surface area contributed by atoms with Gasteiger partial charge in [-0.15, -0.1) is 0 Å². The second kappa shape index (κ2) is 29.7. The average Bonchev–Trinajstić information content (AvgIpc) is 2.84. The Hall–Kier alpha value is -0.530. The van der Waals surface area contributed by atoms with Gasteiger partial charge in [0.1, 0.15) is 0 Å². The molecule has 2 heteroatoms. The molecule has 0 aliphatic carbocycles. The quantitative estimate of drug-likeness (QED) is 0.0763. The van der Waals surface area contributed by atoms with E-state index in [4.69, 9.17) is 4.74 Å². The van der Waals surface area contributed by atoms with Gasteiger partial charge in [0.25, 0.3) is 0 Å². The molecule has 0 aromatic heterocycles. The molecule has 0 aromatic carbocycles. The first-order valence-electron chi connectivity index (χ1n) is 16.3. The van der Waals surface area contributed by atoms with E-state index in [0.717, 1.165) is 18.8 Å². The molecule has 0 fully saturated rings. The highest BCUT2D eigenvalue weighted by Crippen LogP contribution is 2.15. The molecule has 0 N–H and O–H groups in total. The van der Waals surface area contributed by atoms with Gasteiger partial charge in [-0.05, 0) is 18.8 Å². The Morgan fingerprint density at radius 1 is 0.486 bits per heavy atom. The van der Waals surface area contributed by atoms with E-state index in [9.17, 15) is 4.79 Å². The van der Waals surface area contributed by atoms with Crippen LogP contribution in [0.2, 0.25) is 0 Å². The number of carbonyl (C=O) groups is 1. The molecule has 0 radical (unpaired) electrons. The molecule has 0 rings (SSSR count). The standard InChI is InChI=1S/C33H66O2/c1-4-5-6-7-8-9-10-11-15-18-21-24-27-30-33(34)35-31-28-25-22-19-16-13-12-14-17-20-23-26-29-32(2)3/h32H,4-31H2,1-3H3. The van der Waals surface area contributed by atoms with Crippen LogP contribution in [0, 0.1) is 5.92 Å². The van der Waals surface area contributed by atoms with Crippen molar-refractivity contribution in [1.82, 2.24) is 0 Å². The molecule has 0 aliphatic heterocycles. The normalized spacial score (nSPS) is 11.4. The van der Waals surface area contributed by atoms with Crippen LogP contribution < -0.4 is 0 Å². The Morgan fingerprint density at radius 2 is 0.829 bits per heavy atom. The minimum absolute atomic E-state index is 0.0253. The summed E-state index contributed by atoms with van der Waals surface area (Å²) >= 11 is 0. The van der Waals surface area contributed by atoms with E-state index >= 15 is 0 Å². The maximum Gasteiger partial charge on any atom is 0.305 e. The predicted molar refractivity (Wildman–Crippen MR) is 156 cm³/mol. The first-order valence-corrected chi connectivity index (χ1v) is 16.3. The number of hydrogen-bond donors (Lipinski definition) is 0. The predicted octanol–water partition coefficient (Wildman–Crippen LogP) is 11.7. The van der Waals surface area contributed by atoms with Gasteiger partial charge in [-0.3, -0.25) is 4.79 Å². The zero-order chi connectivity index (χ0) is 25.7. The lowest BCUT2D eigenvalue weighted by molar-refractivity contribution is -0.143. The van der Waals surface area contributed by atoms with Crippen molar-refractivity contribution in [2.45, 2.75) is 194 Å². The van der Waals surface area contributed by atoms with Gasteiger partial charge < -0.3 is 4.74 Å². The fourth-order valence-electron chi connectivity index (χ4n) is 4.97. The number of ether oxygens (including phenoxy) is 1. The summed E-state index contributed by atoms with van der Waals surface area (Å²) in [5.74, 6) is 0.897. The van der Waals surface area contributed by atoms with Crippen LogP contribution in [-0.4, -0.2) is 12.6 Å². The van der Waals surface area contributed by atoms with Gasteiger partial charge in [0.05, 0.1) is 6.61 Å². The fraction of sp³-hybridized carbons (Fsp3) is 0.970. The summed E-state index contributed by atoms with van der Waals surface area (Å²) in [6.45, 7) is 7.57. The fourth-order valence-corrected chi connectivity index (χ4v) is 4.97. The first kappa shape index (κ1) is 34.5. The monoisotopic (exact) mass is 495 g/mol. The van der Waals surface area contributed by atoms with Crippen molar-refractivity contribution in [2.24, 2.45) is 5.92 Å². The van der Waals surface area contributed by atoms with Gasteiger partial charge >= 0.3 is 5.97 Å². The third-order valence-electron chi connectivity index (χ3n) is 7.42. The van der Waals surface area contributed by atoms with Crippen molar-refractivity contribution in [3.63, 3.8) is 0 Å². The van der Waals surface area contributed by atoms with Crippen molar-refractivity contribution in [1.29, 1.82) is 0 Å². The molecular formula is C33H66O2. The van der Waals surface area contributed by atoms with Crippen molar-refractivity contribution < 1.29 is 9.53 Å². The molecule has 210 valence electrons. The highest BCUT2D eigenvalue weighted by atomic mass is 16.5. The topological polar surface area (TPSA) is 26.3 Å². The molecule has 0 bridgehead atoms. The SMILES string of the molecule is CCCCCCCCCCCCCCCC(=O)OCCCCCCCCCCCCCCC(C)C. The second-order valence-corrected chi connectivity index (χ2v) is 11.6. The average molecular weight is 495 g/mol. The molecule has 2 nitrogen and oxygen atoms in total. The molecule has 0 aliphatic rings. The van der Waals surface area contributed by atoms with E-state index < -0.39 is 0 Å². The van der Waals surface area contributed by atoms with Crippen molar-refractivity contribution in [3.8, 4) is 0 Å². The first-order chi connectivity index (χ1) is 17.2. The van der Waals surface area contributed by atoms with E-state index in [1.165, 1.54) is 154 Å². The minimum Gasteiger partial charge on any atom is -0.466 e. The summed E-state index contributed by atoms with van der Waals surface area (Å²) in [7, 11) is 0. The van der Waals surface area contributed by atoms with Crippen LogP contribution in [0.15, 0.2) is 0 Å². The summed E-state index contributed by atoms with van der Waals surface area (Å²) in [5, 5.41) is 0. The van der Waals surface area contributed by atoms with E-state index in [1.807, 2.05) is 0 Å². The molecule has 0 saturated carbocycles. The van der Waals surface area contributed by atoms with Crippen molar-refractivity contribution in [2.75, 3.05) is 6.61 Å². The van der Waals surface area contributed by atoms with Gasteiger partial charge in [0, 0.05) is 6.42 Å². The molecular weight excluding hydrogens is 428 g/mol. The van der Waals surface area contributed by atoms with E-state index in [-0.39, 0.29) is 5.97 Å². The van der Waals surface area contributed by atoms with Gasteiger partial charge in [-0.25, -0.2) is 0 Å². The zero-order valence-electron chi connectivity index (χ0n) is 24.7. The lowest BCUT2D eigenvalue weighted by atomic mass is 10.0. The zero-order valence-corrected chi connectivity index (χ0v) is 24.7. The highest BCUT2D eigenvalue weighted by molar-refractivity contribution is 5.69. The summed E-state index contributed by atoms with van der Waals surface area (Å²) in [6.07, 6.45) is 35.7. The summed E-state index contributed by atoms with van der Waals surface area (Å²) in [4.78, 5) is 11.9. The minimum atomic E-state index is 0.0253. The van der Waals surface area contributed by atoms with Gasteiger partial charge in [-0.1, -0.05) is 175 Å². The van der Waals surface area contributed by atoms with Crippen LogP contribution in [-0.2, 0) is 9.53 Å². The Bertz CT molecular complexity index is 404. The summed E-state index contributed by atoms with van der Waals surface area (Å²) < 4.78 is 5.42. The van der Waals surface area contributed by atoms with Gasteiger partial charge in [0.15, 0.2) is 0 Å². The summed E-state index contributed by atoms with van der Waals surface area (Å²) in [6, 6.07) is 0. The lowest BCUT2D eigenvalue weighted by Gasteiger charge is -2.06. The van der Waals surface area contributed by atoms with Crippen LogP contribution >= 0.6 is 0 Å². The molecule has 0 unspecified atom stereocenters. The Balaban J connectivity index is 3.15. The highest BCUT2D eigenvalue weighted by Gasteiger charge is 2.03. The maximum absolute atomic E-state index is 11.9. The number of rotatable bonds is 29. The molecule has 0 spiro atoms. The van der Waals surface area contributed by atoms with Crippen LogP contribution in [0.3, 0.4) is 0 Å². The largest absolute Gasteiger partial charge is 0.466 e. The van der Waals surface area contributed by atoms with Crippen molar-refractivity contribution >= 4 is 5.97 Å². The maximum atomic E-state index is 11.9. The molecule has 0 amide bonds. The van der Waals surface area contributed by atoms with Crippen LogP contribution in [0.4, 0.5) is 0 Å². The van der Waals surface area contributed by atoms with Gasteiger partial charge in [-0.2, -0.15) is 0 Å². The number of hydrogen-bond acceptors (Lipinski definition) is 2. The lowest BCUT2D eigenvalue weighted by Crippen LogP contribution is -2.05. The molecule has 0 atom stereocenters. The molecule has 0 saturated heterocycles. The number of unbranched alkanes of at least 4 members (excludes halogenated alkanes) is 23. The van der Waals surface area contributed by atoms with E-state index in [0.29, 0.717) is 13.0 Å². The van der Waals surface area contributed by atoms with Gasteiger partial charge in [0.2, 0.25) is 0 Å². The van der Waals surface area contributed by atoms with E-state index in [2.05, 4.69) is 20.8 Å². The molecule has 0 heterocycles. The van der Waals surface area contributed by atoms with Crippen molar-refractivity contribution in [3.05, 3.63) is 0 Å². The summed E-state index contributed by atoms with van der Waals surface area (Å²) in [5.41, 5.74) is 0.